The fourth-order valence-electron chi connectivity index (χ4n) is 2.91. The van der Waals surface area contributed by atoms with Crippen molar-refractivity contribution in [3.8, 4) is 5.75 Å². The maximum atomic E-state index is 14.3. The van der Waals surface area contributed by atoms with Crippen molar-refractivity contribution in [2.45, 2.75) is 32.4 Å². The highest BCUT2D eigenvalue weighted by atomic mass is 19.1. The van der Waals surface area contributed by atoms with Gasteiger partial charge in [0.25, 0.3) is 0 Å². The molecule has 0 saturated heterocycles. The Balaban J connectivity index is 1.51. The molecule has 1 aromatic carbocycles. The molecule has 1 aliphatic rings. The third-order valence-electron chi connectivity index (χ3n) is 4.56. The molecule has 2 aromatic heterocycles. The highest BCUT2D eigenvalue weighted by Crippen LogP contribution is 2.33. The molecule has 4 nitrogen and oxygen atoms in total. The Bertz CT molecular complexity index is 842. The van der Waals surface area contributed by atoms with Crippen molar-refractivity contribution in [2.24, 2.45) is 5.92 Å². The number of ether oxygens (including phenoxy) is 1. The van der Waals surface area contributed by atoms with Gasteiger partial charge in [0.2, 0.25) is 0 Å². The average Bonchev–Trinajstić information content (AvgIpc) is 3.34. The maximum Gasteiger partial charge on any atom is 0.167 e. The van der Waals surface area contributed by atoms with Crippen LogP contribution in [0, 0.1) is 12.8 Å². The minimum atomic E-state index is -1.15. The van der Waals surface area contributed by atoms with E-state index >= 15 is 0 Å². The normalized spacial score (nSPS) is 15.6. The summed E-state index contributed by atoms with van der Waals surface area (Å²) in [6.45, 7) is 1.93. The number of hydrogen-bond donors (Lipinski definition) is 0. The van der Waals surface area contributed by atoms with E-state index in [4.69, 9.17) is 4.74 Å². The predicted molar refractivity (Wildman–Crippen MR) is 89.9 cm³/mol. The standard InChI is InChI=1S/C19H20FN3O/c1-13-17(24-12-16(20)15-5-3-2-4-6-15)9-10-23-18(11-14-7-8-14)21-22-19(13)23/h2-6,9-10,14,16H,7-8,11-12H2,1H3. The van der Waals surface area contributed by atoms with Crippen LogP contribution in [0.15, 0.2) is 42.6 Å². The minimum Gasteiger partial charge on any atom is -0.490 e. The molecular formula is C19H20FN3O. The Morgan fingerprint density at radius 1 is 1.21 bits per heavy atom. The van der Waals surface area contributed by atoms with E-state index in [1.807, 2.05) is 41.8 Å². The van der Waals surface area contributed by atoms with Gasteiger partial charge in [-0.25, -0.2) is 4.39 Å². The summed E-state index contributed by atoms with van der Waals surface area (Å²) >= 11 is 0. The summed E-state index contributed by atoms with van der Waals surface area (Å²) in [6, 6.07) is 11.0. The number of aromatic nitrogens is 3. The van der Waals surface area contributed by atoms with Crippen LogP contribution in [0.2, 0.25) is 0 Å². The van der Waals surface area contributed by atoms with Crippen LogP contribution in [0.5, 0.6) is 5.75 Å². The van der Waals surface area contributed by atoms with Crippen LogP contribution in [0.4, 0.5) is 4.39 Å². The number of hydrogen-bond acceptors (Lipinski definition) is 3. The summed E-state index contributed by atoms with van der Waals surface area (Å²) in [5, 5.41) is 8.59. The summed E-state index contributed by atoms with van der Waals surface area (Å²) < 4.78 is 22.0. The first kappa shape index (κ1) is 15.1. The zero-order chi connectivity index (χ0) is 16.5. The number of nitrogens with zero attached hydrogens (tertiary/aromatic N) is 3. The van der Waals surface area contributed by atoms with Crippen LogP contribution in [-0.4, -0.2) is 21.2 Å². The van der Waals surface area contributed by atoms with Crippen molar-refractivity contribution in [2.75, 3.05) is 6.61 Å². The molecule has 3 aromatic rings. The molecule has 0 N–H and O–H groups in total. The molecule has 0 aliphatic heterocycles. The Morgan fingerprint density at radius 3 is 2.75 bits per heavy atom. The van der Waals surface area contributed by atoms with Crippen molar-refractivity contribution in [1.82, 2.24) is 14.6 Å². The molecule has 24 heavy (non-hydrogen) atoms. The lowest BCUT2D eigenvalue weighted by atomic mass is 10.1. The zero-order valence-corrected chi connectivity index (χ0v) is 13.7. The second-order valence-corrected chi connectivity index (χ2v) is 6.45. The highest BCUT2D eigenvalue weighted by molar-refractivity contribution is 5.54. The highest BCUT2D eigenvalue weighted by Gasteiger charge is 2.24. The van der Waals surface area contributed by atoms with E-state index in [2.05, 4.69) is 10.2 Å². The minimum absolute atomic E-state index is 0.00983. The van der Waals surface area contributed by atoms with Crippen LogP contribution in [0.3, 0.4) is 0 Å². The third-order valence-corrected chi connectivity index (χ3v) is 4.56. The number of fused-ring (bicyclic) bond motifs is 1. The Hall–Kier alpha value is -2.43. The van der Waals surface area contributed by atoms with Crippen molar-refractivity contribution in [3.05, 3.63) is 59.5 Å². The number of pyridine rings is 1. The molecule has 1 aliphatic carbocycles. The quantitative estimate of drug-likeness (QED) is 0.685. The number of aryl methyl sites for hydroxylation is 1. The third kappa shape index (κ3) is 2.98. The van der Waals surface area contributed by atoms with E-state index in [0.29, 0.717) is 11.3 Å². The lowest BCUT2D eigenvalue weighted by Crippen LogP contribution is -2.07. The van der Waals surface area contributed by atoms with E-state index in [0.717, 1.165) is 29.4 Å². The van der Waals surface area contributed by atoms with Gasteiger partial charge in [0, 0.05) is 18.2 Å². The van der Waals surface area contributed by atoms with Crippen molar-refractivity contribution < 1.29 is 9.13 Å². The summed E-state index contributed by atoms with van der Waals surface area (Å²) in [5.41, 5.74) is 2.32. The fourth-order valence-corrected chi connectivity index (χ4v) is 2.91. The van der Waals surface area contributed by atoms with Gasteiger partial charge < -0.3 is 4.74 Å². The SMILES string of the molecule is Cc1c(OCC(F)c2ccccc2)ccn2c(CC3CC3)nnc12. The molecule has 124 valence electrons. The predicted octanol–water partition coefficient (Wildman–Crippen LogP) is 4.08. The van der Waals surface area contributed by atoms with Gasteiger partial charge in [-0.15, -0.1) is 10.2 Å². The molecule has 1 unspecified atom stereocenters. The van der Waals surface area contributed by atoms with Gasteiger partial charge in [0.15, 0.2) is 11.8 Å². The Morgan fingerprint density at radius 2 is 2.00 bits per heavy atom. The first-order valence-electron chi connectivity index (χ1n) is 8.37. The van der Waals surface area contributed by atoms with Crippen LogP contribution < -0.4 is 4.74 Å². The van der Waals surface area contributed by atoms with E-state index < -0.39 is 6.17 Å². The van der Waals surface area contributed by atoms with Gasteiger partial charge in [-0.05, 0) is 37.3 Å². The fraction of sp³-hybridized carbons (Fsp3) is 0.368. The van der Waals surface area contributed by atoms with Crippen LogP contribution >= 0.6 is 0 Å². The van der Waals surface area contributed by atoms with Crippen molar-refractivity contribution >= 4 is 5.65 Å². The Kier molecular flexibility index (Phi) is 3.92. The first-order valence-corrected chi connectivity index (χ1v) is 8.37. The van der Waals surface area contributed by atoms with Gasteiger partial charge in [0.05, 0.1) is 0 Å². The summed E-state index contributed by atoms with van der Waals surface area (Å²) in [4.78, 5) is 0. The number of benzene rings is 1. The Labute approximate surface area is 140 Å². The molecule has 0 amide bonds. The number of halogens is 1. The smallest absolute Gasteiger partial charge is 0.167 e. The summed E-state index contributed by atoms with van der Waals surface area (Å²) in [7, 11) is 0. The van der Waals surface area contributed by atoms with E-state index in [1.54, 1.807) is 12.1 Å². The molecule has 0 radical (unpaired) electrons. The van der Waals surface area contributed by atoms with Gasteiger partial charge in [-0.3, -0.25) is 4.40 Å². The topological polar surface area (TPSA) is 39.4 Å². The molecule has 4 rings (SSSR count). The van der Waals surface area contributed by atoms with Crippen molar-refractivity contribution in [1.29, 1.82) is 0 Å². The van der Waals surface area contributed by atoms with Gasteiger partial charge in [0.1, 0.15) is 18.2 Å². The van der Waals surface area contributed by atoms with E-state index in [1.165, 1.54) is 12.8 Å². The molecular weight excluding hydrogens is 305 g/mol. The van der Waals surface area contributed by atoms with E-state index in [-0.39, 0.29) is 6.61 Å². The van der Waals surface area contributed by atoms with Crippen LogP contribution in [-0.2, 0) is 6.42 Å². The summed E-state index contributed by atoms with van der Waals surface area (Å²) in [5.74, 6) is 2.41. The average molecular weight is 325 g/mol. The second kappa shape index (κ2) is 6.23. The zero-order valence-electron chi connectivity index (χ0n) is 13.7. The molecule has 1 atom stereocenters. The van der Waals surface area contributed by atoms with Crippen LogP contribution in [0.1, 0.15) is 36.0 Å². The molecule has 2 heterocycles. The lowest BCUT2D eigenvalue weighted by Gasteiger charge is -2.13. The largest absolute Gasteiger partial charge is 0.490 e. The molecule has 1 saturated carbocycles. The van der Waals surface area contributed by atoms with Crippen molar-refractivity contribution in [3.63, 3.8) is 0 Å². The second-order valence-electron chi connectivity index (χ2n) is 6.45. The molecule has 0 spiro atoms. The lowest BCUT2D eigenvalue weighted by molar-refractivity contribution is 0.197. The molecule has 1 fully saturated rings. The maximum absolute atomic E-state index is 14.3. The first-order chi connectivity index (χ1) is 11.7. The van der Waals surface area contributed by atoms with Crippen LogP contribution in [0.25, 0.3) is 5.65 Å². The van der Waals surface area contributed by atoms with Gasteiger partial charge >= 0.3 is 0 Å². The van der Waals surface area contributed by atoms with E-state index in [9.17, 15) is 4.39 Å². The van der Waals surface area contributed by atoms with Gasteiger partial charge in [-0.1, -0.05) is 30.3 Å². The van der Waals surface area contributed by atoms with Gasteiger partial charge in [-0.2, -0.15) is 0 Å². The molecule has 5 heteroatoms. The monoisotopic (exact) mass is 325 g/mol. The molecule has 0 bridgehead atoms. The summed E-state index contributed by atoms with van der Waals surface area (Å²) in [6.07, 6.45) is 4.32. The number of alkyl halides is 1. The number of rotatable bonds is 6.